The molecule has 1 aliphatic heterocycles. The molecule has 0 amide bonds. The van der Waals surface area contributed by atoms with Crippen LogP contribution in [0.1, 0.15) is 19.8 Å². The Kier molecular flexibility index (Phi) is 2.93. The first-order valence-electron chi connectivity index (χ1n) is 3.75. The number of hydrogen-bond donors (Lipinski definition) is 1. The molecule has 1 aliphatic rings. The molecule has 1 N–H and O–H groups in total. The second kappa shape index (κ2) is 4.04. The van der Waals surface area contributed by atoms with Crippen LogP contribution in [0, 0.1) is 0 Å². The summed E-state index contributed by atoms with van der Waals surface area (Å²) in [5.41, 5.74) is 0. The first-order chi connectivity index (χ1) is 4.93. The van der Waals surface area contributed by atoms with E-state index in [4.69, 9.17) is 0 Å². The van der Waals surface area contributed by atoms with Crippen molar-refractivity contribution in [2.45, 2.75) is 19.8 Å². The van der Waals surface area contributed by atoms with Crippen LogP contribution in [0.3, 0.4) is 0 Å². The van der Waals surface area contributed by atoms with Gasteiger partial charge in [0.25, 0.3) is 0 Å². The van der Waals surface area contributed by atoms with Gasteiger partial charge in [0.05, 0.1) is 6.54 Å². The van der Waals surface area contributed by atoms with Gasteiger partial charge in [0.15, 0.2) is 0 Å². The van der Waals surface area contributed by atoms with E-state index in [2.05, 4.69) is 28.5 Å². The van der Waals surface area contributed by atoms with Gasteiger partial charge in [0, 0.05) is 6.54 Å². The Labute approximate surface area is 61.2 Å². The van der Waals surface area contributed by atoms with E-state index in [9.17, 15) is 0 Å². The molecule has 1 heterocycles. The van der Waals surface area contributed by atoms with Crippen molar-refractivity contribution in [2.24, 2.45) is 10.2 Å². The predicted molar refractivity (Wildman–Crippen MR) is 40.7 cm³/mol. The van der Waals surface area contributed by atoms with Gasteiger partial charge < -0.3 is 5.32 Å². The second-order valence-electron chi connectivity index (χ2n) is 2.27. The number of hydrogen-bond acceptors (Lipinski definition) is 3. The standard InChI is InChI=1S/C7H13N3/c1-2-5-8-7-4-3-6-9-10-7/h4,8H,2-3,5-6H2,1H3. The van der Waals surface area contributed by atoms with Crippen LogP contribution in [0.25, 0.3) is 0 Å². The lowest BCUT2D eigenvalue weighted by molar-refractivity contribution is 0.712. The third kappa shape index (κ3) is 2.17. The van der Waals surface area contributed by atoms with E-state index in [-0.39, 0.29) is 0 Å². The molecule has 1 rings (SSSR count). The first-order valence-corrected chi connectivity index (χ1v) is 3.75. The summed E-state index contributed by atoms with van der Waals surface area (Å²) in [6.07, 6.45) is 4.24. The Morgan fingerprint density at radius 2 is 2.60 bits per heavy atom. The van der Waals surface area contributed by atoms with Crippen molar-refractivity contribution < 1.29 is 0 Å². The van der Waals surface area contributed by atoms with Crippen molar-refractivity contribution in [3.63, 3.8) is 0 Å². The SMILES string of the molecule is CCCNC1=CCCN=N1. The molecule has 0 radical (unpaired) electrons. The average Bonchev–Trinajstić information content (AvgIpc) is 2.03. The van der Waals surface area contributed by atoms with Crippen LogP contribution in [0.2, 0.25) is 0 Å². The maximum absolute atomic E-state index is 3.94. The van der Waals surface area contributed by atoms with Crippen LogP contribution in [0.4, 0.5) is 0 Å². The quantitative estimate of drug-likeness (QED) is 0.634. The first kappa shape index (κ1) is 7.25. The number of nitrogens with one attached hydrogen (secondary N) is 1. The van der Waals surface area contributed by atoms with E-state index >= 15 is 0 Å². The summed E-state index contributed by atoms with van der Waals surface area (Å²) < 4.78 is 0. The lowest BCUT2D eigenvalue weighted by Gasteiger charge is -2.05. The number of azo groups is 1. The van der Waals surface area contributed by atoms with Crippen LogP contribution < -0.4 is 5.32 Å². The Bertz CT molecular complexity index is 149. The lowest BCUT2D eigenvalue weighted by Crippen LogP contribution is -2.13. The summed E-state index contributed by atoms with van der Waals surface area (Å²) in [5, 5.41) is 11.0. The zero-order chi connectivity index (χ0) is 7.23. The van der Waals surface area contributed by atoms with Gasteiger partial charge >= 0.3 is 0 Å². The summed E-state index contributed by atoms with van der Waals surface area (Å²) in [4.78, 5) is 0. The Balaban J connectivity index is 2.26. The minimum absolute atomic E-state index is 0.845. The fourth-order valence-electron chi connectivity index (χ4n) is 0.787. The van der Waals surface area contributed by atoms with Crippen molar-refractivity contribution in [2.75, 3.05) is 13.1 Å². The lowest BCUT2D eigenvalue weighted by atomic mass is 10.3. The van der Waals surface area contributed by atoms with E-state index in [1.165, 1.54) is 0 Å². The normalized spacial score (nSPS) is 16.7. The zero-order valence-corrected chi connectivity index (χ0v) is 6.30. The monoisotopic (exact) mass is 139 g/mol. The van der Waals surface area contributed by atoms with E-state index < -0.39 is 0 Å². The van der Waals surface area contributed by atoms with E-state index in [1.807, 2.05) is 0 Å². The van der Waals surface area contributed by atoms with Crippen LogP contribution in [-0.4, -0.2) is 13.1 Å². The molecule has 0 unspecified atom stereocenters. The molecule has 0 saturated heterocycles. The Hall–Kier alpha value is -0.860. The maximum Gasteiger partial charge on any atom is 0.144 e. The molecule has 0 atom stereocenters. The molecule has 0 aliphatic carbocycles. The zero-order valence-electron chi connectivity index (χ0n) is 6.30. The van der Waals surface area contributed by atoms with Crippen molar-refractivity contribution >= 4 is 0 Å². The maximum atomic E-state index is 3.94. The topological polar surface area (TPSA) is 36.8 Å². The van der Waals surface area contributed by atoms with Gasteiger partial charge in [-0.05, 0) is 18.9 Å². The molecule has 0 aromatic heterocycles. The average molecular weight is 139 g/mol. The molecule has 0 saturated carbocycles. The second-order valence-corrected chi connectivity index (χ2v) is 2.27. The van der Waals surface area contributed by atoms with Gasteiger partial charge in [0.1, 0.15) is 5.82 Å². The fraction of sp³-hybridized carbons (Fsp3) is 0.714. The molecular weight excluding hydrogens is 126 g/mol. The van der Waals surface area contributed by atoms with E-state index in [0.29, 0.717) is 0 Å². The predicted octanol–water partition coefficient (Wildman–Crippen LogP) is 1.68. The van der Waals surface area contributed by atoms with Gasteiger partial charge in [-0.25, -0.2) is 0 Å². The summed E-state index contributed by atoms with van der Waals surface area (Å²) in [5.74, 6) is 0.938. The van der Waals surface area contributed by atoms with Gasteiger partial charge in [-0.3, -0.25) is 0 Å². The van der Waals surface area contributed by atoms with Crippen molar-refractivity contribution in [1.82, 2.24) is 5.32 Å². The molecular formula is C7H13N3. The summed E-state index contributed by atoms with van der Waals surface area (Å²) in [6, 6.07) is 0. The molecule has 0 spiro atoms. The van der Waals surface area contributed by atoms with Crippen LogP contribution in [-0.2, 0) is 0 Å². The largest absolute Gasteiger partial charge is 0.369 e. The molecule has 3 heteroatoms. The smallest absolute Gasteiger partial charge is 0.144 e. The molecule has 0 aromatic rings. The molecule has 0 fully saturated rings. The van der Waals surface area contributed by atoms with Gasteiger partial charge in [-0.2, -0.15) is 5.11 Å². The minimum atomic E-state index is 0.845. The highest BCUT2D eigenvalue weighted by Gasteiger charge is 1.95. The third-order valence-electron chi connectivity index (χ3n) is 1.30. The van der Waals surface area contributed by atoms with E-state index in [1.54, 1.807) is 0 Å². The molecule has 10 heavy (non-hydrogen) atoms. The Morgan fingerprint density at radius 1 is 1.70 bits per heavy atom. The van der Waals surface area contributed by atoms with Crippen LogP contribution in [0.15, 0.2) is 22.1 Å². The number of rotatable bonds is 3. The van der Waals surface area contributed by atoms with Crippen LogP contribution in [0.5, 0.6) is 0 Å². The molecule has 0 aromatic carbocycles. The van der Waals surface area contributed by atoms with Crippen molar-refractivity contribution in [3.8, 4) is 0 Å². The molecule has 56 valence electrons. The minimum Gasteiger partial charge on any atom is -0.369 e. The highest BCUT2D eigenvalue weighted by molar-refractivity contribution is 4.98. The van der Waals surface area contributed by atoms with Crippen molar-refractivity contribution in [3.05, 3.63) is 11.9 Å². The fourth-order valence-corrected chi connectivity index (χ4v) is 0.787. The van der Waals surface area contributed by atoms with Crippen molar-refractivity contribution in [1.29, 1.82) is 0 Å². The third-order valence-corrected chi connectivity index (χ3v) is 1.30. The van der Waals surface area contributed by atoms with E-state index in [0.717, 1.165) is 31.8 Å². The van der Waals surface area contributed by atoms with Gasteiger partial charge in [-0.1, -0.05) is 6.92 Å². The molecule has 3 nitrogen and oxygen atoms in total. The summed E-state index contributed by atoms with van der Waals surface area (Å²) >= 11 is 0. The number of nitrogens with zero attached hydrogens (tertiary/aromatic N) is 2. The van der Waals surface area contributed by atoms with Gasteiger partial charge in [0.2, 0.25) is 0 Å². The highest BCUT2D eigenvalue weighted by Crippen LogP contribution is 2.02. The molecule has 0 bridgehead atoms. The summed E-state index contributed by atoms with van der Waals surface area (Å²) in [6.45, 7) is 3.97. The van der Waals surface area contributed by atoms with Crippen LogP contribution >= 0.6 is 0 Å². The Morgan fingerprint density at radius 3 is 3.20 bits per heavy atom. The highest BCUT2D eigenvalue weighted by atomic mass is 15.2. The summed E-state index contributed by atoms with van der Waals surface area (Å²) in [7, 11) is 0. The van der Waals surface area contributed by atoms with Gasteiger partial charge in [-0.15, -0.1) is 5.11 Å².